The smallest absolute Gasteiger partial charge is 0.251 e. The van der Waals surface area contributed by atoms with E-state index in [1.165, 1.54) is 11.3 Å². The third-order valence-electron chi connectivity index (χ3n) is 4.03. The van der Waals surface area contributed by atoms with Gasteiger partial charge in [-0.15, -0.1) is 11.3 Å². The lowest BCUT2D eigenvalue weighted by Crippen LogP contribution is -2.20. The number of amides is 2. The molecule has 2 unspecified atom stereocenters. The molecule has 3 rings (SSSR count). The zero-order valence-corrected chi connectivity index (χ0v) is 12.0. The Hall–Kier alpha value is -1.69. The van der Waals surface area contributed by atoms with E-state index < -0.39 is 5.91 Å². The lowest BCUT2D eigenvalue weighted by Gasteiger charge is -2.10. The summed E-state index contributed by atoms with van der Waals surface area (Å²) < 4.78 is 0. The van der Waals surface area contributed by atoms with E-state index in [9.17, 15) is 14.4 Å². The third-order valence-corrected chi connectivity index (χ3v) is 5.18. The van der Waals surface area contributed by atoms with Crippen molar-refractivity contribution in [3.05, 3.63) is 16.0 Å². The minimum Gasteiger partial charge on any atom is -0.365 e. The molecule has 0 radical (unpaired) electrons. The molecule has 0 aromatic carbocycles. The van der Waals surface area contributed by atoms with Crippen LogP contribution in [0.2, 0.25) is 0 Å². The summed E-state index contributed by atoms with van der Waals surface area (Å²) in [5.41, 5.74) is 6.69. The summed E-state index contributed by atoms with van der Waals surface area (Å²) in [6.07, 6.45) is 2.22. The molecule has 3 N–H and O–H groups in total. The number of hydrogen-bond acceptors (Lipinski definition) is 4. The summed E-state index contributed by atoms with van der Waals surface area (Å²) in [6, 6.07) is 0. The molecule has 20 heavy (non-hydrogen) atoms. The molecule has 106 valence electrons. The molecule has 2 atom stereocenters. The molecule has 0 spiro atoms. The van der Waals surface area contributed by atoms with Crippen molar-refractivity contribution in [1.82, 2.24) is 0 Å². The third kappa shape index (κ3) is 2.24. The number of ketones is 1. The van der Waals surface area contributed by atoms with Crippen LogP contribution in [0.3, 0.4) is 0 Å². The zero-order valence-electron chi connectivity index (χ0n) is 11.2. The van der Waals surface area contributed by atoms with Gasteiger partial charge in [0.05, 0.1) is 5.56 Å². The molecule has 6 heteroatoms. The second kappa shape index (κ2) is 4.70. The number of carbonyl (C=O) groups is 3. The first kappa shape index (κ1) is 13.3. The van der Waals surface area contributed by atoms with Gasteiger partial charge < -0.3 is 11.1 Å². The largest absolute Gasteiger partial charge is 0.365 e. The molecule has 1 heterocycles. The Balaban J connectivity index is 1.91. The number of Topliss-reactive ketones (excluding diaryl/α,β-unsaturated/α-hetero) is 1. The predicted molar refractivity (Wildman–Crippen MR) is 75.8 cm³/mol. The van der Waals surface area contributed by atoms with E-state index in [1.807, 2.05) is 6.92 Å². The van der Waals surface area contributed by atoms with Crippen LogP contribution in [-0.2, 0) is 22.4 Å². The number of hydrogen-bond donors (Lipinski definition) is 2. The number of nitrogens with two attached hydrogens (primary N) is 1. The SMILES string of the molecule is CC1CC1C(=O)Nc1sc2c(c1C(N)=O)CCC(=O)C2. The van der Waals surface area contributed by atoms with E-state index in [-0.39, 0.29) is 17.6 Å². The van der Waals surface area contributed by atoms with E-state index in [0.29, 0.717) is 35.7 Å². The molecule has 5 nitrogen and oxygen atoms in total. The highest BCUT2D eigenvalue weighted by Crippen LogP contribution is 2.41. The molecule has 2 aliphatic carbocycles. The van der Waals surface area contributed by atoms with E-state index in [1.54, 1.807) is 0 Å². The van der Waals surface area contributed by atoms with Gasteiger partial charge in [-0.25, -0.2) is 0 Å². The van der Waals surface area contributed by atoms with E-state index >= 15 is 0 Å². The first-order chi connectivity index (χ1) is 9.47. The van der Waals surface area contributed by atoms with Gasteiger partial charge in [-0.3, -0.25) is 14.4 Å². The maximum atomic E-state index is 12.0. The normalized spacial score (nSPS) is 24.1. The van der Waals surface area contributed by atoms with Crippen molar-refractivity contribution in [3.8, 4) is 0 Å². The average molecular weight is 292 g/mol. The molecule has 1 fully saturated rings. The molecular weight excluding hydrogens is 276 g/mol. The molecule has 0 aliphatic heterocycles. The van der Waals surface area contributed by atoms with Crippen molar-refractivity contribution < 1.29 is 14.4 Å². The Bertz CT molecular complexity index is 620. The van der Waals surface area contributed by atoms with Crippen LogP contribution in [0.1, 0.15) is 40.6 Å². The standard InChI is InChI=1S/C14H16N2O3S/c1-6-4-9(6)13(19)16-14-11(12(15)18)8-3-2-7(17)5-10(8)20-14/h6,9H,2-5H2,1H3,(H2,15,18)(H,16,19). The first-order valence-corrected chi connectivity index (χ1v) is 7.56. The van der Waals surface area contributed by atoms with Gasteiger partial charge in [0.1, 0.15) is 10.8 Å². The van der Waals surface area contributed by atoms with Crippen LogP contribution < -0.4 is 11.1 Å². The Kier molecular flexibility index (Phi) is 3.12. The van der Waals surface area contributed by atoms with Crippen LogP contribution >= 0.6 is 11.3 Å². The fourth-order valence-corrected chi connectivity index (χ4v) is 3.98. The van der Waals surface area contributed by atoms with Crippen LogP contribution in [0.5, 0.6) is 0 Å². The predicted octanol–water partition coefficient (Wildman–Crippen LogP) is 1.50. The second-order valence-corrected chi connectivity index (χ2v) is 6.70. The number of rotatable bonds is 3. The van der Waals surface area contributed by atoms with Gasteiger partial charge in [0.25, 0.3) is 5.91 Å². The highest BCUT2D eigenvalue weighted by Gasteiger charge is 2.40. The second-order valence-electron chi connectivity index (χ2n) is 5.60. The summed E-state index contributed by atoms with van der Waals surface area (Å²) in [6.45, 7) is 2.03. The zero-order chi connectivity index (χ0) is 14.4. The first-order valence-electron chi connectivity index (χ1n) is 6.74. The van der Waals surface area contributed by atoms with Crippen molar-refractivity contribution >= 4 is 33.9 Å². The average Bonchev–Trinajstić information content (AvgIpc) is 2.98. The van der Waals surface area contributed by atoms with Gasteiger partial charge in [0.15, 0.2) is 0 Å². The lowest BCUT2D eigenvalue weighted by atomic mass is 9.94. The van der Waals surface area contributed by atoms with Crippen molar-refractivity contribution in [1.29, 1.82) is 0 Å². The number of fused-ring (bicyclic) bond motifs is 1. The summed E-state index contributed by atoms with van der Waals surface area (Å²) in [5, 5.41) is 3.34. The molecule has 2 amide bonds. The molecule has 1 aromatic rings. The highest BCUT2D eigenvalue weighted by atomic mass is 32.1. The van der Waals surface area contributed by atoms with Gasteiger partial charge in [0, 0.05) is 23.6 Å². The van der Waals surface area contributed by atoms with E-state index in [2.05, 4.69) is 5.32 Å². The van der Waals surface area contributed by atoms with Gasteiger partial charge in [-0.05, 0) is 24.3 Å². The van der Waals surface area contributed by atoms with Crippen LogP contribution in [0, 0.1) is 11.8 Å². The number of carbonyl (C=O) groups excluding carboxylic acids is 3. The van der Waals surface area contributed by atoms with Crippen molar-refractivity contribution in [2.75, 3.05) is 5.32 Å². The van der Waals surface area contributed by atoms with Crippen LogP contribution in [-0.4, -0.2) is 17.6 Å². The topological polar surface area (TPSA) is 89.3 Å². The number of nitrogens with one attached hydrogen (secondary N) is 1. The van der Waals surface area contributed by atoms with Gasteiger partial charge in [0.2, 0.25) is 5.91 Å². The minimum absolute atomic E-state index is 0.0384. The van der Waals surface area contributed by atoms with E-state index in [4.69, 9.17) is 5.73 Å². The summed E-state index contributed by atoms with van der Waals surface area (Å²) >= 11 is 1.32. The monoisotopic (exact) mass is 292 g/mol. The molecule has 1 aromatic heterocycles. The molecule has 2 aliphatic rings. The number of anilines is 1. The summed E-state index contributed by atoms with van der Waals surface area (Å²) in [4.78, 5) is 36.0. The van der Waals surface area contributed by atoms with E-state index in [0.717, 1.165) is 16.9 Å². The van der Waals surface area contributed by atoms with Crippen molar-refractivity contribution in [2.45, 2.75) is 32.6 Å². The minimum atomic E-state index is -0.531. The number of primary amides is 1. The Labute approximate surface area is 120 Å². The van der Waals surface area contributed by atoms with Crippen LogP contribution in [0.25, 0.3) is 0 Å². The summed E-state index contributed by atoms with van der Waals surface area (Å²) in [7, 11) is 0. The Morgan fingerprint density at radius 3 is 2.65 bits per heavy atom. The van der Waals surface area contributed by atoms with Gasteiger partial charge in [-0.2, -0.15) is 0 Å². The molecular formula is C14H16N2O3S. The maximum absolute atomic E-state index is 12.0. The Morgan fingerprint density at radius 1 is 1.35 bits per heavy atom. The quantitative estimate of drug-likeness (QED) is 0.884. The van der Waals surface area contributed by atoms with Gasteiger partial charge in [-0.1, -0.05) is 6.92 Å². The summed E-state index contributed by atoms with van der Waals surface area (Å²) in [5.74, 6) is 0.0315. The molecule has 0 bridgehead atoms. The van der Waals surface area contributed by atoms with Gasteiger partial charge >= 0.3 is 0 Å². The molecule has 1 saturated carbocycles. The van der Waals surface area contributed by atoms with Crippen LogP contribution in [0.4, 0.5) is 5.00 Å². The Morgan fingerprint density at radius 2 is 2.05 bits per heavy atom. The van der Waals surface area contributed by atoms with Crippen molar-refractivity contribution in [3.63, 3.8) is 0 Å². The fraction of sp³-hybridized carbons (Fsp3) is 0.500. The lowest BCUT2D eigenvalue weighted by molar-refractivity contribution is -0.119. The maximum Gasteiger partial charge on any atom is 0.251 e. The van der Waals surface area contributed by atoms with Crippen molar-refractivity contribution in [2.24, 2.45) is 17.6 Å². The highest BCUT2D eigenvalue weighted by molar-refractivity contribution is 7.17. The van der Waals surface area contributed by atoms with Crippen LogP contribution in [0.15, 0.2) is 0 Å². The fourth-order valence-electron chi connectivity index (χ4n) is 2.69. The molecule has 0 saturated heterocycles. The number of thiophene rings is 1.